The molecule has 0 bridgehead atoms. The molecule has 106 valence electrons. The van der Waals surface area contributed by atoms with Gasteiger partial charge >= 0.3 is 6.18 Å². The number of benzene rings is 1. The van der Waals surface area contributed by atoms with Gasteiger partial charge in [0.15, 0.2) is 0 Å². The van der Waals surface area contributed by atoms with Crippen molar-refractivity contribution in [2.75, 3.05) is 20.2 Å². The number of likely N-dealkylation sites (tertiary alicyclic amines) is 1. The Hall–Kier alpha value is -0.590. The van der Waals surface area contributed by atoms with Gasteiger partial charge in [-0.05, 0) is 24.1 Å². The number of hydrogen-bond acceptors (Lipinski definition) is 2. The van der Waals surface area contributed by atoms with E-state index in [0.29, 0.717) is 23.1 Å². The molecule has 1 heterocycles. The van der Waals surface area contributed by atoms with Crippen LogP contribution in [0, 0.1) is 0 Å². The van der Waals surface area contributed by atoms with Gasteiger partial charge in [-0.15, -0.1) is 0 Å². The molecule has 0 amide bonds. The van der Waals surface area contributed by atoms with Crippen LogP contribution in [0.1, 0.15) is 17.5 Å². The molecule has 19 heavy (non-hydrogen) atoms. The summed E-state index contributed by atoms with van der Waals surface area (Å²) in [4.78, 5) is 1.99. The van der Waals surface area contributed by atoms with Gasteiger partial charge in [0.25, 0.3) is 0 Å². The Balaban J connectivity index is 2.16. The van der Waals surface area contributed by atoms with Crippen LogP contribution >= 0.6 is 15.9 Å². The molecule has 1 aliphatic rings. The monoisotopic (exact) mass is 337 g/mol. The largest absolute Gasteiger partial charge is 0.416 e. The first-order valence-electron chi connectivity index (χ1n) is 6.01. The summed E-state index contributed by atoms with van der Waals surface area (Å²) in [5, 5.41) is 0. The van der Waals surface area contributed by atoms with Crippen molar-refractivity contribution in [1.29, 1.82) is 0 Å². The molecule has 1 aliphatic heterocycles. The number of halogens is 4. The number of ether oxygens (including phenoxy) is 1. The molecule has 1 fully saturated rings. The number of nitrogens with zero attached hydrogens (tertiary/aromatic N) is 1. The van der Waals surface area contributed by atoms with E-state index in [1.165, 1.54) is 6.07 Å². The zero-order chi connectivity index (χ0) is 14.0. The number of hydrogen-bond donors (Lipinski definition) is 0. The number of alkyl halides is 3. The van der Waals surface area contributed by atoms with Gasteiger partial charge in [0.2, 0.25) is 0 Å². The van der Waals surface area contributed by atoms with E-state index < -0.39 is 11.7 Å². The van der Waals surface area contributed by atoms with Crippen LogP contribution < -0.4 is 0 Å². The second-order valence-electron chi connectivity index (χ2n) is 4.68. The molecule has 1 atom stereocenters. The Kier molecular flexibility index (Phi) is 4.53. The molecule has 1 saturated heterocycles. The van der Waals surface area contributed by atoms with E-state index in [-0.39, 0.29) is 6.10 Å². The van der Waals surface area contributed by atoms with Gasteiger partial charge in [-0.3, -0.25) is 4.90 Å². The van der Waals surface area contributed by atoms with Gasteiger partial charge in [-0.2, -0.15) is 13.2 Å². The molecule has 0 unspecified atom stereocenters. The topological polar surface area (TPSA) is 12.5 Å². The SMILES string of the molecule is CO[C@@H]1CCN(Cc2ccc(Br)cc2C(F)(F)F)C1. The minimum atomic E-state index is -4.32. The van der Waals surface area contributed by atoms with Crippen LogP contribution in [0.3, 0.4) is 0 Å². The summed E-state index contributed by atoms with van der Waals surface area (Å²) in [7, 11) is 1.63. The van der Waals surface area contributed by atoms with E-state index in [2.05, 4.69) is 15.9 Å². The van der Waals surface area contributed by atoms with Gasteiger partial charge in [-0.1, -0.05) is 22.0 Å². The third-order valence-electron chi connectivity index (χ3n) is 3.33. The highest BCUT2D eigenvalue weighted by Gasteiger charge is 2.34. The summed E-state index contributed by atoms with van der Waals surface area (Å²) < 4.78 is 44.6. The molecule has 1 aromatic carbocycles. The maximum atomic E-state index is 13.0. The highest BCUT2D eigenvalue weighted by Crippen LogP contribution is 2.34. The smallest absolute Gasteiger partial charge is 0.380 e. The van der Waals surface area contributed by atoms with Crippen LogP contribution in [0.15, 0.2) is 22.7 Å². The standard InChI is InChI=1S/C13H15BrF3NO/c1-19-11-4-5-18(8-11)7-9-2-3-10(14)6-12(9)13(15,16)17/h2-3,6,11H,4-5,7-8H2,1H3/t11-/m1/s1. The quantitative estimate of drug-likeness (QED) is 0.834. The van der Waals surface area contributed by atoms with Crippen molar-refractivity contribution in [3.8, 4) is 0 Å². The molecule has 0 saturated carbocycles. The third-order valence-corrected chi connectivity index (χ3v) is 3.83. The summed E-state index contributed by atoms with van der Waals surface area (Å²) in [6.07, 6.45) is -3.32. The third kappa shape index (κ3) is 3.70. The second-order valence-corrected chi connectivity index (χ2v) is 5.60. The van der Waals surface area contributed by atoms with Crippen LogP contribution in [0.4, 0.5) is 13.2 Å². The fourth-order valence-corrected chi connectivity index (χ4v) is 2.69. The van der Waals surface area contributed by atoms with E-state index in [9.17, 15) is 13.2 Å². The molecule has 0 spiro atoms. The lowest BCUT2D eigenvalue weighted by Gasteiger charge is -2.19. The van der Waals surface area contributed by atoms with Gasteiger partial charge < -0.3 is 4.74 Å². The number of rotatable bonds is 3. The van der Waals surface area contributed by atoms with Crippen LogP contribution in [-0.2, 0) is 17.5 Å². The van der Waals surface area contributed by atoms with Gasteiger partial charge in [0.05, 0.1) is 11.7 Å². The lowest BCUT2D eigenvalue weighted by Crippen LogP contribution is -2.24. The van der Waals surface area contributed by atoms with E-state index in [0.717, 1.165) is 19.0 Å². The van der Waals surface area contributed by atoms with E-state index in [1.54, 1.807) is 13.2 Å². The van der Waals surface area contributed by atoms with Crippen molar-refractivity contribution < 1.29 is 17.9 Å². The van der Waals surface area contributed by atoms with Crippen LogP contribution in [0.5, 0.6) is 0 Å². The predicted molar refractivity (Wildman–Crippen MR) is 69.8 cm³/mol. The van der Waals surface area contributed by atoms with Gasteiger partial charge in [0.1, 0.15) is 0 Å². The van der Waals surface area contributed by atoms with E-state index >= 15 is 0 Å². The van der Waals surface area contributed by atoms with E-state index in [4.69, 9.17) is 4.74 Å². The molecule has 6 heteroatoms. The molecule has 2 rings (SSSR count). The van der Waals surface area contributed by atoms with Gasteiger partial charge in [0, 0.05) is 31.2 Å². The first-order chi connectivity index (χ1) is 8.90. The molecule has 2 nitrogen and oxygen atoms in total. The zero-order valence-corrected chi connectivity index (χ0v) is 12.1. The number of methoxy groups -OCH3 is 1. The lowest BCUT2D eigenvalue weighted by molar-refractivity contribution is -0.138. The highest BCUT2D eigenvalue weighted by molar-refractivity contribution is 9.10. The summed E-state index contributed by atoms with van der Waals surface area (Å²) in [6, 6.07) is 4.32. The van der Waals surface area contributed by atoms with Crippen molar-refractivity contribution in [3.63, 3.8) is 0 Å². The Morgan fingerprint density at radius 2 is 2.16 bits per heavy atom. The average Bonchev–Trinajstić information content (AvgIpc) is 2.78. The van der Waals surface area contributed by atoms with Crippen molar-refractivity contribution in [3.05, 3.63) is 33.8 Å². The molecule has 0 aromatic heterocycles. The summed E-state index contributed by atoms with van der Waals surface area (Å²) in [6.45, 7) is 1.76. The lowest BCUT2D eigenvalue weighted by atomic mass is 10.1. The van der Waals surface area contributed by atoms with E-state index in [1.807, 2.05) is 4.90 Å². The second kappa shape index (κ2) is 5.81. The van der Waals surface area contributed by atoms with Crippen molar-refractivity contribution in [1.82, 2.24) is 4.90 Å². The molecular weight excluding hydrogens is 323 g/mol. The van der Waals surface area contributed by atoms with Crippen LogP contribution in [0.25, 0.3) is 0 Å². The van der Waals surface area contributed by atoms with Crippen LogP contribution in [-0.4, -0.2) is 31.2 Å². The Morgan fingerprint density at radius 1 is 1.42 bits per heavy atom. The summed E-state index contributed by atoms with van der Waals surface area (Å²) >= 11 is 3.09. The predicted octanol–water partition coefficient (Wildman–Crippen LogP) is 3.69. The van der Waals surface area contributed by atoms with Crippen LogP contribution in [0.2, 0.25) is 0 Å². The minimum Gasteiger partial charge on any atom is -0.380 e. The fourth-order valence-electron chi connectivity index (χ4n) is 2.32. The van der Waals surface area contributed by atoms with Crippen molar-refractivity contribution in [2.24, 2.45) is 0 Å². The molecule has 1 aromatic rings. The Labute approximate surface area is 118 Å². The zero-order valence-electron chi connectivity index (χ0n) is 10.5. The Bertz CT molecular complexity index is 450. The summed E-state index contributed by atoms with van der Waals surface area (Å²) in [5.74, 6) is 0. The molecular formula is C13H15BrF3NO. The maximum Gasteiger partial charge on any atom is 0.416 e. The highest BCUT2D eigenvalue weighted by atomic mass is 79.9. The van der Waals surface area contributed by atoms with Crippen molar-refractivity contribution in [2.45, 2.75) is 25.2 Å². The average molecular weight is 338 g/mol. The molecule has 0 radical (unpaired) electrons. The van der Waals surface area contributed by atoms with Gasteiger partial charge in [-0.25, -0.2) is 0 Å². The summed E-state index contributed by atoms with van der Waals surface area (Å²) in [5.41, 5.74) is -0.254. The first-order valence-corrected chi connectivity index (χ1v) is 6.80. The Morgan fingerprint density at radius 3 is 2.74 bits per heavy atom. The first kappa shape index (κ1) is 14.8. The molecule has 0 aliphatic carbocycles. The molecule has 0 N–H and O–H groups in total. The normalized spacial score (nSPS) is 21.0. The van der Waals surface area contributed by atoms with Crippen molar-refractivity contribution >= 4 is 15.9 Å². The minimum absolute atomic E-state index is 0.129. The maximum absolute atomic E-state index is 13.0. The fraction of sp³-hybridized carbons (Fsp3) is 0.538.